The number of aliphatic hydroxyl groups is 2. The summed E-state index contributed by atoms with van der Waals surface area (Å²) in [5.41, 5.74) is 6.47. The standard InChI is InChI=1S/C32H34N6O4/c1-35(2)22-7-9-26-20(13-22)11-12-38(31(26)41)29-6-4-5-25(27(29)19-39)21-14-28(32(42)36(3)16-21)34-30-10-8-23(15-33-30)37-17-24(40)18-37/h4-10,13-16,24,39-40H,11-12,17-19H2,1-3H3,(H,33,34). The van der Waals surface area contributed by atoms with Crippen LogP contribution >= 0.6 is 0 Å². The minimum Gasteiger partial charge on any atom is -0.392 e. The van der Waals surface area contributed by atoms with Crippen LogP contribution in [0.1, 0.15) is 21.5 Å². The number of hydrogen-bond donors (Lipinski definition) is 3. The SMILES string of the molecule is CN(C)c1ccc2c(c1)CCN(c1cccc(-c3cc(Nc4ccc(N5CC(O)C5)cn4)c(=O)n(C)c3)c1CO)C2=O. The fourth-order valence-electron chi connectivity index (χ4n) is 5.65. The Kier molecular flexibility index (Phi) is 7.17. The van der Waals surface area contributed by atoms with Crippen molar-refractivity contribution in [1.29, 1.82) is 0 Å². The van der Waals surface area contributed by atoms with Crippen molar-refractivity contribution in [1.82, 2.24) is 9.55 Å². The van der Waals surface area contributed by atoms with Crippen LogP contribution in [0.25, 0.3) is 11.1 Å². The fourth-order valence-corrected chi connectivity index (χ4v) is 5.65. The summed E-state index contributed by atoms with van der Waals surface area (Å²) in [5.74, 6) is 0.415. The van der Waals surface area contributed by atoms with Crippen molar-refractivity contribution in [2.24, 2.45) is 7.05 Å². The number of pyridine rings is 2. The van der Waals surface area contributed by atoms with Crippen LogP contribution in [0.15, 0.2) is 71.8 Å². The molecule has 0 radical (unpaired) electrons. The Balaban J connectivity index is 1.31. The number of aryl methyl sites for hydroxylation is 1. The second-order valence-corrected chi connectivity index (χ2v) is 11.0. The van der Waals surface area contributed by atoms with E-state index in [0.717, 1.165) is 28.1 Å². The zero-order chi connectivity index (χ0) is 29.5. The van der Waals surface area contributed by atoms with Crippen LogP contribution in [0.4, 0.5) is 28.6 Å². The Morgan fingerprint density at radius 1 is 1.05 bits per heavy atom. The number of nitrogens with one attached hydrogen (secondary N) is 1. The van der Waals surface area contributed by atoms with Gasteiger partial charge >= 0.3 is 0 Å². The van der Waals surface area contributed by atoms with Crippen molar-refractivity contribution < 1.29 is 15.0 Å². The number of carbonyl (C=O) groups excluding carboxylic acids is 1. The lowest BCUT2D eigenvalue weighted by atomic mass is 9.94. The minimum absolute atomic E-state index is 0.0986. The normalized spacial score (nSPS) is 14.9. The van der Waals surface area contributed by atoms with Gasteiger partial charge in [-0.15, -0.1) is 0 Å². The first-order valence-corrected chi connectivity index (χ1v) is 14.0. The van der Waals surface area contributed by atoms with Gasteiger partial charge in [0.2, 0.25) is 0 Å². The number of fused-ring (bicyclic) bond motifs is 1. The first-order valence-electron chi connectivity index (χ1n) is 14.0. The zero-order valence-electron chi connectivity index (χ0n) is 23.9. The molecule has 0 spiro atoms. The molecule has 6 rings (SSSR count). The van der Waals surface area contributed by atoms with Crippen LogP contribution < -0.4 is 25.6 Å². The topological polar surface area (TPSA) is 114 Å². The van der Waals surface area contributed by atoms with Crippen LogP contribution in [0.5, 0.6) is 0 Å². The highest BCUT2D eigenvalue weighted by Crippen LogP contribution is 2.35. The second-order valence-electron chi connectivity index (χ2n) is 11.0. The van der Waals surface area contributed by atoms with Crippen molar-refractivity contribution in [3.8, 4) is 11.1 Å². The summed E-state index contributed by atoms with van der Waals surface area (Å²) in [6.45, 7) is 1.38. The molecular formula is C32H34N6O4. The third kappa shape index (κ3) is 4.99. The molecule has 1 amide bonds. The van der Waals surface area contributed by atoms with Crippen LogP contribution in [0.2, 0.25) is 0 Å². The molecule has 0 bridgehead atoms. The molecule has 2 aromatic heterocycles. The van der Waals surface area contributed by atoms with Crippen molar-refractivity contribution in [2.45, 2.75) is 19.1 Å². The minimum atomic E-state index is -0.309. The van der Waals surface area contributed by atoms with E-state index in [9.17, 15) is 19.8 Å². The Labute approximate surface area is 244 Å². The summed E-state index contributed by atoms with van der Waals surface area (Å²) in [5, 5.41) is 23.3. The molecule has 2 aliphatic heterocycles. The lowest BCUT2D eigenvalue weighted by molar-refractivity contribution is 0.0980. The van der Waals surface area contributed by atoms with Gasteiger partial charge in [-0.05, 0) is 60.0 Å². The van der Waals surface area contributed by atoms with Crippen LogP contribution in [-0.2, 0) is 20.1 Å². The van der Waals surface area contributed by atoms with Crippen LogP contribution in [-0.4, -0.2) is 65.5 Å². The molecule has 1 saturated heterocycles. The molecule has 1 fully saturated rings. The lowest BCUT2D eigenvalue weighted by Crippen LogP contribution is -2.50. The number of anilines is 5. The van der Waals surface area contributed by atoms with Crippen molar-refractivity contribution in [2.75, 3.05) is 53.7 Å². The molecule has 2 aromatic carbocycles. The van der Waals surface area contributed by atoms with E-state index in [1.54, 1.807) is 36.5 Å². The number of aliphatic hydroxyl groups excluding tert-OH is 2. The Morgan fingerprint density at radius 3 is 2.55 bits per heavy atom. The number of hydrogen-bond acceptors (Lipinski definition) is 8. The van der Waals surface area contributed by atoms with Gasteiger partial charge in [0, 0.05) is 69.4 Å². The van der Waals surface area contributed by atoms with Crippen LogP contribution in [0.3, 0.4) is 0 Å². The average molecular weight is 567 g/mol. The third-order valence-corrected chi connectivity index (χ3v) is 8.02. The summed E-state index contributed by atoms with van der Waals surface area (Å²) in [7, 11) is 5.63. The first-order chi connectivity index (χ1) is 20.2. The van der Waals surface area contributed by atoms with E-state index in [2.05, 4.69) is 16.4 Å². The summed E-state index contributed by atoms with van der Waals surface area (Å²) in [6, 6.07) is 16.9. The van der Waals surface area contributed by atoms with Crippen LogP contribution in [0, 0.1) is 0 Å². The molecule has 0 atom stereocenters. The quantitative estimate of drug-likeness (QED) is 0.313. The number of carbonyl (C=O) groups is 1. The van der Waals surface area contributed by atoms with E-state index in [1.807, 2.05) is 60.3 Å². The van der Waals surface area contributed by atoms with Gasteiger partial charge in [0.25, 0.3) is 11.5 Å². The summed E-state index contributed by atoms with van der Waals surface area (Å²) in [6.07, 6.45) is 3.84. The van der Waals surface area contributed by atoms with E-state index in [1.165, 1.54) is 4.57 Å². The maximum atomic E-state index is 13.6. The van der Waals surface area contributed by atoms with E-state index in [-0.39, 0.29) is 24.2 Å². The summed E-state index contributed by atoms with van der Waals surface area (Å²) < 4.78 is 1.49. The van der Waals surface area contributed by atoms with Gasteiger partial charge in [-0.25, -0.2) is 4.98 Å². The molecule has 216 valence electrons. The van der Waals surface area contributed by atoms with Crippen molar-refractivity contribution >= 4 is 34.5 Å². The molecule has 3 N–H and O–H groups in total. The maximum Gasteiger partial charge on any atom is 0.274 e. The molecule has 4 aromatic rings. The first kappa shape index (κ1) is 27.5. The van der Waals surface area contributed by atoms with E-state index in [0.29, 0.717) is 54.4 Å². The number of rotatable bonds is 7. The molecule has 0 saturated carbocycles. The monoisotopic (exact) mass is 566 g/mol. The molecule has 10 nitrogen and oxygen atoms in total. The van der Waals surface area contributed by atoms with Gasteiger partial charge in [-0.2, -0.15) is 0 Å². The highest BCUT2D eigenvalue weighted by atomic mass is 16.3. The molecule has 2 aliphatic rings. The Morgan fingerprint density at radius 2 is 1.86 bits per heavy atom. The number of β-amino-alcohol motifs (C(OH)–C–C–N with tert-alkyl or cyclic N) is 1. The van der Waals surface area contributed by atoms with Crippen molar-refractivity contribution in [3.63, 3.8) is 0 Å². The average Bonchev–Trinajstić information content (AvgIpc) is 2.98. The predicted molar refractivity (Wildman–Crippen MR) is 165 cm³/mol. The smallest absolute Gasteiger partial charge is 0.274 e. The van der Waals surface area contributed by atoms with Gasteiger partial charge in [0.15, 0.2) is 0 Å². The van der Waals surface area contributed by atoms with Crippen molar-refractivity contribution in [3.05, 3.63) is 94.0 Å². The molecule has 4 heterocycles. The van der Waals surface area contributed by atoms with Gasteiger partial charge in [0.1, 0.15) is 11.5 Å². The summed E-state index contributed by atoms with van der Waals surface area (Å²) in [4.78, 5) is 36.9. The van der Waals surface area contributed by atoms with E-state index in [4.69, 9.17) is 0 Å². The van der Waals surface area contributed by atoms with E-state index >= 15 is 0 Å². The molecule has 10 heteroatoms. The largest absolute Gasteiger partial charge is 0.392 e. The third-order valence-electron chi connectivity index (χ3n) is 8.02. The molecule has 42 heavy (non-hydrogen) atoms. The molecular weight excluding hydrogens is 532 g/mol. The number of amides is 1. The predicted octanol–water partition coefficient (Wildman–Crippen LogP) is 3.13. The maximum absolute atomic E-state index is 13.6. The summed E-state index contributed by atoms with van der Waals surface area (Å²) >= 11 is 0. The molecule has 0 aliphatic carbocycles. The van der Waals surface area contributed by atoms with Gasteiger partial charge in [-0.1, -0.05) is 12.1 Å². The number of nitrogens with zero attached hydrogens (tertiary/aromatic N) is 5. The van der Waals surface area contributed by atoms with Gasteiger partial charge < -0.3 is 34.8 Å². The Bertz CT molecular complexity index is 1710. The van der Waals surface area contributed by atoms with Gasteiger partial charge in [-0.3, -0.25) is 9.59 Å². The van der Waals surface area contributed by atoms with Gasteiger partial charge in [0.05, 0.1) is 30.3 Å². The van der Waals surface area contributed by atoms with E-state index < -0.39 is 0 Å². The highest BCUT2D eigenvalue weighted by Gasteiger charge is 2.28. The lowest BCUT2D eigenvalue weighted by Gasteiger charge is -2.37. The number of benzene rings is 2. The molecule has 0 unspecified atom stereocenters. The second kappa shape index (κ2) is 11.0. The highest BCUT2D eigenvalue weighted by molar-refractivity contribution is 6.09. The fraction of sp³-hybridized carbons (Fsp3) is 0.281. The number of aromatic nitrogens is 2. The zero-order valence-corrected chi connectivity index (χ0v) is 23.9. The Hall–Kier alpha value is -4.67.